The minimum atomic E-state index is 0.0317. The second kappa shape index (κ2) is 5.75. The molecule has 0 saturated heterocycles. The predicted molar refractivity (Wildman–Crippen MR) is 76.1 cm³/mol. The fraction of sp³-hybridized carbons (Fsp3) is 0.188. The number of hydrogen-bond donors (Lipinski definition) is 1. The van der Waals surface area contributed by atoms with Crippen LogP contribution in [0.25, 0.3) is 0 Å². The molecule has 1 N–H and O–H groups in total. The fourth-order valence-electron chi connectivity index (χ4n) is 2.62. The number of nitrogens with one attached hydrogen (secondary N) is 1. The highest BCUT2D eigenvalue weighted by atomic mass is 16.1. The lowest BCUT2D eigenvalue weighted by Gasteiger charge is -2.31. The highest BCUT2D eigenvalue weighted by Gasteiger charge is 2.26. The molecule has 0 aliphatic carbocycles. The monoisotopic (exact) mass is 265 g/mol. The van der Waals surface area contributed by atoms with Gasteiger partial charge in [0.15, 0.2) is 0 Å². The standard InChI is InChI=1S/C16H15N3O/c20-9-3-5-13-10-12-4-1-2-6-14(12)16(19-13)15-7-8-17-11-18-15/h1-9,11,13,16,19H,10H2. The number of aromatic nitrogens is 2. The molecule has 0 fully saturated rings. The van der Waals surface area contributed by atoms with Crippen LogP contribution in [-0.2, 0) is 11.2 Å². The summed E-state index contributed by atoms with van der Waals surface area (Å²) in [7, 11) is 0. The molecular formula is C16H15N3O. The van der Waals surface area contributed by atoms with Gasteiger partial charge in [-0.2, -0.15) is 0 Å². The Morgan fingerprint density at radius 1 is 1.25 bits per heavy atom. The minimum Gasteiger partial charge on any atom is -0.299 e. The Hall–Kier alpha value is -2.33. The van der Waals surface area contributed by atoms with Crippen molar-refractivity contribution in [1.29, 1.82) is 0 Å². The van der Waals surface area contributed by atoms with Crippen LogP contribution in [-0.4, -0.2) is 22.3 Å². The number of carbonyl (C=O) groups is 1. The lowest BCUT2D eigenvalue weighted by molar-refractivity contribution is -0.104. The van der Waals surface area contributed by atoms with Crippen molar-refractivity contribution < 1.29 is 4.79 Å². The predicted octanol–water partition coefficient (Wildman–Crippen LogP) is 1.84. The van der Waals surface area contributed by atoms with Crippen LogP contribution in [0.3, 0.4) is 0 Å². The van der Waals surface area contributed by atoms with Crippen molar-refractivity contribution in [3.63, 3.8) is 0 Å². The van der Waals surface area contributed by atoms with Crippen LogP contribution < -0.4 is 5.32 Å². The number of fused-ring (bicyclic) bond motifs is 1. The van der Waals surface area contributed by atoms with Crippen LogP contribution in [0.4, 0.5) is 0 Å². The molecule has 0 radical (unpaired) electrons. The Kier molecular flexibility index (Phi) is 3.65. The number of nitrogens with zero attached hydrogens (tertiary/aromatic N) is 2. The summed E-state index contributed by atoms with van der Waals surface area (Å²) >= 11 is 0. The van der Waals surface area contributed by atoms with Crippen molar-refractivity contribution >= 4 is 6.29 Å². The van der Waals surface area contributed by atoms with Crippen LogP contribution in [0.5, 0.6) is 0 Å². The van der Waals surface area contributed by atoms with E-state index in [4.69, 9.17) is 0 Å². The molecule has 100 valence electrons. The molecule has 2 heterocycles. The average molecular weight is 265 g/mol. The SMILES string of the molecule is O=CC=CC1Cc2ccccc2C(c2ccncn2)N1. The molecular weight excluding hydrogens is 250 g/mol. The van der Waals surface area contributed by atoms with Crippen molar-refractivity contribution in [2.75, 3.05) is 0 Å². The van der Waals surface area contributed by atoms with E-state index in [1.165, 1.54) is 11.1 Å². The number of benzene rings is 1. The van der Waals surface area contributed by atoms with E-state index in [1.807, 2.05) is 24.3 Å². The maximum atomic E-state index is 10.5. The normalized spacial score (nSPS) is 21.6. The molecule has 20 heavy (non-hydrogen) atoms. The maximum absolute atomic E-state index is 10.5. The van der Waals surface area contributed by atoms with Crippen molar-refractivity contribution in [2.45, 2.75) is 18.5 Å². The van der Waals surface area contributed by atoms with E-state index in [1.54, 1.807) is 18.6 Å². The Morgan fingerprint density at radius 2 is 2.15 bits per heavy atom. The molecule has 1 aliphatic heterocycles. The summed E-state index contributed by atoms with van der Waals surface area (Å²) < 4.78 is 0. The van der Waals surface area contributed by atoms with Gasteiger partial charge < -0.3 is 0 Å². The number of carbonyl (C=O) groups excluding carboxylic acids is 1. The third-order valence-corrected chi connectivity index (χ3v) is 3.51. The van der Waals surface area contributed by atoms with E-state index in [-0.39, 0.29) is 12.1 Å². The molecule has 4 heteroatoms. The van der Waals surface area contributed by atoms with E-state index in [9.17, 15) is 4.79 Å². The van der Waals surface area contributed by atoms with Gasteiger partial charge in [-0.3, -0.25) is 10.1 Å². The smallest absolute Gasteiger partial charge is 0.142 e. The van der Waals surface area contributed by atoms with Gasteiger partial charge in [0.05, 0.1) is 11.7 Å². The highest BCUT2D eigenvalue weighted by Crippen LogP contribution is 2.29. The minimum absolute atomic E-state index is 0.0317. The average Bonchev–Trinajstić information content (AvgIpc) is 2.53. The lowest BCUT2D eigenvalue weighted by Crippen LogP contribution is -2.39. The summed E-state index contributed by atoms with van der Waals surface area (Å²) in [6.45, 7) is 0. The zero-order valence-electron chi connectivity index (χ0n) is 10.9. The van der Waals surface area contributed by atoms with Gasteiger partial charge >= 0.3 is 0 Å². The summed E-state index contributed by atoms with van der Waals surface area (Å²) in [4.78, 5) is 18.8. The highest BCUT2D eigenvalue weighted by molar-refractivity contribution is 5.64. The quantitative estimate of drug-likeness (QED) is 0.679. The third-order valence-electron chi connectivity index (χ3n) is 3.51. The van der Waals surface area contributed by atoms with Crippen LogP contribution in [0, 0.1) is 0 Å². The zero-order chi connectivity index (χ0) is 13.8. The van der Waals surface area contributed by atoms with Gasteiger partial charge in [-0.15, -0.1) is 0 Å². The van der Waals surface area contributed by atoms with Crippen LogP contribution >= 0.6 is 0 Å². The van der Waals surface area contributed by atoms with Gasteiger partial charge in [-0.05, 0) is 29.7 Å². The Morgan fingerprint density at radius 3 is 2.95 bits per heavy atom. The second-order valence-electron chi connectivity index (χ2n) is 4.76. The van der Waals surface area contributed by atoms with E-state index in [0.717, 1.165) is 18.4 Å². The Bertz CT molecular complexity index is 625. The first-order chi connectivity index (χ1) is 9.88. The molecule has 0 amide bonds. The molecule has 3 rings (SSSR count). The zero-order valence-corrected chi connectivity index (χ0v) is 10.9. The molecule has 1 aliphatic rings. The molecule has 2 atom stereocenters. The summed E-state index contributed by atoms with van der Waals surface area (Å²) in [5.41, 5.74) is 3.47. The third kappa shape index (κ3) is 2.51. The van der Waals surface area contributed by atoms with E-state index < -0.39 is 0 Å². The Labute approximate surface area is 117 Å². The molecule has 4 nitrogen and oxygen atoms in total. The molecule has 2 aromatic rings. The summed E-state index contributed by atoms with van der Waals surface area (Å²) in [6, 6.07) is 10.4. The maximum Gasteiger partial charge on any atom is 0.142 e. The summed E-state index contributed by atoms with van der Waals surface area (Å²) in [6.07, 6.45) is 8.44. The molecule has 0 saturated carbocycles. The molecule has 1 aromatic carbocycles. The van der Waals surface area contributed by atoms with Crippen molar-refractivity contribution in [3.8, 4) is 0 Å². The van der Waals surface area contributed by atoms with Gasteiger partial charge in [0.2, 0.25) is 0 Å². The Balaban J connectivity index is 1.99. The summed E-state index contributed by atoms with van der Waals surface area (Å²) in [5, 5.41) is 3.52. The molecule has 2 unspecified atom stereocenters. The number of allylic oxidation sites excluding steroid dienone is 1. The van der Waals surface area contributed by atoms with Crippen molar-refractivity contribution in [2.24, 2.45) is 0 Å². The van der Waals surface area contributed by atoms with Gasteiger partial charge in [0, 0.05) is 12.2 Å². The van der Waals surface area contributed by atoms with Crippen LogP contribution in [0.1, 0.15) is 22.9 Å². The molecule has 1 aromatic heterocycles. The van der Waals surface area contributed by atoms with Crippen LogP contribution in [0.2, 0.25) is 0 Å². The van der Waals surface area contributed by atoms with E-state index >= 15 is 0 Å². The number of aldehydes is 1. The van der Waals surface area contributed by atoms with E-state index in [0.29, 0.717) is 0 Å². The van der Waals surface area contributed by atoms with Crippen molar-refractivity contribution in [1.82, 2.24) is 15.3 Å². The molecule has 0 bridgehead atoms. The van der Waals surface area contributed by atoms with Crippen LogP contribution in [0.15, 0.2) is 55.0 Å². The number of hydrogen-bond acceptors (Lipinski definition) is 4. The van der Waals surface area contributed by atoms with Crippen molar-refractivity contribution in [3.05, 3.63) is 71.8 Å². The first-order valence-electron chi connectivity index (χ1n) is 6.60. The van der Waals surface area contributed by atoms with Gasteiger partial charge in [0.25, 0.3) is 0 Å². The second-order valence-corrected chi connectivity index (χ2v) is 4.76. The first kappa shape index (κ1) is 12.7. The van der Waals surface area contributed by atoms with Gasteiger partial charge in [-0.25, -0.2) is 9.97 Å². The first-order valence-corrected chi connectivity index (χ1v) is 6.60. The van der Waals surface area contributed by atoms with Gasteiger partial charge in [-0.1, -0.05) is 30.3 Å². The van der Waals surface area contributed by atoms with Gasteiger partial charge in [0.1, 0.15) is 12.6 Å². The van der Waals surface area contributed by atoms with E-state index in [2.05, 4.69) is 27.4 Å². The topological polar surface area (TPSA) is 54.9 Å². The fourth-order valence-corrected chi connectivity index (χ4v) is 2.62. The largest absolute Gasteiger partial charge is 0.299 e. The summed E-state index contributed by atoms with van der Waals surface area (Å²) in [5.74, 6) is 0. The lowest BCUT2D eigenvalue weighted by atomic mass is 9.88. The molecule has 0 spiro atoms. The number of rotatable bonds is 3.